The van der Waals surface area contributed by atoms with Crippen molar-refractivity contribution in [2.45, 2.75) is 19.1 Å². The van der Waals surface area contributed by atoms with Crippen molar-refractivity contribution >= 4 is 12.6 Å². The predicted octanol–water partition coefficient (Wildman–Crippen LogP) is 1.02. The minimum atomic E-state index is -1.09. The minimum absolute atomic E-state index is 0.0102. The van der Waals surface area contributed by atoms with Crippen LogP contribution in [0, 0.1) is 6.92 Å². The van der Waals surface area contributed by atoms with Gasteiger partial charge in [-0.25, -0.2) is 0 Å². The summed E-state index contributed by atoms with van der Waals surface area (Å²) in [6, 6.07) is 4.88. The standard InChI is InChI=1S/C10H14O3S/c1-6-2-3-8(11)7(4-6)10(13)9(12)5-14/h2-4,9-14H,5H2,1H3. The van der Waals surface area contributed by atoms with Crippen LogP contribution in [0.4, 0.5) is 0 Å². The lowest BCUT2D eigenvalue weighted by atomic mass is 10.0. The average Bonchev–Trinajstić information content (AvgIpc) is 2.19. The highest BCUT2D eigenvalue weighted by Gasteiger charge is 2.19. The van der Waals surface area contributed by atoms with Gasteiger partial charge in [-0.15, -0.1) is 0 Å². The number of aliphatic hydroxyl groups is 2. The Morgan fingerprint density at radius 2 is 2.00 bits per heavy atom. The van der Waals surface area contributed by atoms with Crippen LogP contribution >= 0.6 is 12.6 Å². The van der Waals surface area contributed by atoms with E-state index in [1.54, 1.807) is 12.1 Å². The molecule has 0 aliphatic carbocycles. The quantitative estimate of drug-likeness (QED) is 0.568. The third-order valence-corrected chi connectivity index (χ3v) is 2.43. The van der Waals surface area contributed by atoms with Gasteiger partial charge in [-0.3, -0.25) is 0 Å². The molecule has 14 heavy (non-hydrogen) atoms. The first-order valence-corrected chi connectivity index (χ1v) is 4.96. The normalized spacial score (nSPS) is 15.1. The highest BCUT2D eigenvalue weighted by molar-refractivity contribution is 7.80. The van der Waals surface area contributed by atoms with E-state index >= 15 is 0 Å². The second-order valence-electron chi connectivity index (χ2n) is 3.26. The van der Waals surface area contributed by atoms with Crippen molar-refractivity contribution < 1.29 is 15.3 Å². The van der Waals surface area contributed by atoms with Crippen LogP contribution in [-0.2, 0) is 0 Å². The van der Waals surface area contributed by atoms with Crippen LogP contribution in [0.15, 0.2) is 18.2 Å². The fourth-order valence-electron chi connectivity index (χ4n) is 1.22. The summed E-state index contributed by atoms with van der Waals surface area (Å²) in [7, 11) is 0. The van der Waals surface area contributed by atoms with Crippen molar-refractivity contribution in [1.29, 1.82) is 0 Å². The van der Waals surface area contributed by atoms with Crippen LogP contribution in [0.25, 0.3) is 0 Å². The zero-order chi connectivity index (χ0) is 10.7. The Kier molecular flexibility index (Phi) is 3.80. The maximum Gasteiger partial charge on any atom is 0.121 e. The Balaban J connectivity index is 2.99. The van der Waals surface area contributed by atoms with Crippen molar-refractivity contribution in [3.8, 4) is 5.75 Å². The van der Waals surface area contributed by atoms with Gasteiger partial charge in [0.15, 0.2) is 0 Å². The maximum atomic E-state index is 9.64. The molecule has 1 aromatic rings. The highest BCUT2D eigenvalue weighted by atomic mass is 32.1. The number of phenolic OH excluding ortho intramolecular Hbond substituents is 1. The second-order valence-corrected chi connectivity index (χ2v) is 3.62. The number of hydrogen-bond donors (Lipinski definition) is 4. The first-order chi connectivity index (χ1) is 6.56. The van der Waals surface area contributed by atoms with Crippen molar-refractivity contribution in [3.05, 3.63) is 29.3 Å². The van der Waals surface area contributed by atoms with Gasteiger partial charge in [-0.1, -0.05) is 11.6 Å². The molecule has 0 aliphatic heterocycles. The van der Waals surface area contributed by atoms with Crippen molar-refractivity contribution in [2.75, 3.05) is 5.75 Å². The molecule has 0 saturated carbocycles. The number of aliphatic hydroxyl groups excluding tert-OH is 2. The first-order valence-electron chi connectivity index (χ1n) is 4.32. The van der Waals surface area contributed by atoms with Gasteiger partial charge >= 0.3 is 0 Å². The van der Waals surface area contributed by atoms with E-state index in [1.807, 2.05) is 6.92 Å². The van der Waals surface area contributed by atoms with E-state index in [2.05, 4.69) is 12.6 Å². The van der Waals surface area contributed by atoms with E-state index in [9.17, 15) is 15.3 Å². The molecule has 0 spiro atoms. The lowest BCUT2D eigenvalue weighted by molar-refractivity contribution is 0.0322. The topological polar surface area (TPSA) is 60.7 Å². The van der Waals surface area contributed by atoms with E-state index in [0.717, 1.165) is 5.56 Å². The zero-order valence-corrected chi connectivity index (χ0v) is 8.78. The lowest BCUT2D eigenvalue weighted by Gasteiger charge is -2.17. The molecule has 0 heterocycles. The monoisotopic (exact) mass is 214 g/mol. The van der Waals surface area contributed by atoms with Crippen LogP contribution in [0.2, 0.25) is 0 Å². The average molecular weight is 214 g/mol. The molecule has 3 nitrogen and oxygen atoms in total. The fraction of sp³-hybridized carbons (Fsp3) is 0.400. The molecule has 0 amide bonds. The Bertz CT molecular complexity index is 314. The molecule has 3 N–H and O–H groups in total. The molecule has 0 bridgehead atoms. The summed E-state index contributed by atoms with van der Waals surface area (Å²) >= 11 is 3.87. The molecule has 1 aromatic carbocycles. The Morgan fingerprint density at radius 1 is 1.36 bits per heavy atom. The lowest BCUT2D eigenvalue weighted by Crippen LogP contribution is -2.19. The van der Waals surface area contributed by atoms with Gasteiger partial charge < -0.3 is 15.3 Å². The van der Waals surface area contributed by atoms with Gasteiger partial charge in [0, 0.05) is 11.3 Å². The Morgan fingerprint density at radius 3 is 2.57 bits per heavy atom. The van der Waals surface area contributed by atoms with Crippen LogP contribution in [0.1, 0.15) is 17.2 Å². The van der Waals surface area contributed by atoms with Gasteiger partial charge in [0.2, 0.25) is 0 Å². The number of benzene rings is 1. The number of aryl methyl sites for hydroxylation is 1. The molecule has 0 fully saturated rings. The number of aromatic hydroxyl groups is 1. The molecule has 2 atom stereocenters. The van der Waals surface area contributed by atoms with Crippen molar-refractivity contribution in [3.63, 3.8) is 0 Å². The van der Waals surface area contributed by atoms with Crippen LogP contribution in [0.5, 0.6) is 5.75 Å². The van der Waals surface area contributed by atoms with Crippen LogP contribution < -0.4 is 0 Å². The molecule has 4 heteroatoms. The van der Waals surface area contributed by atoms with Crippen LogP contribution in [-0.4, -0.2) is 27.2 Å². The predicted molar refractivity (Wildman–Crippen MR) is 57.7 cm³/mol. The summed E-state index contributed by atoms with van der Waals surface area (Å²) in [5, 5.41) is 28.4. The number of phenols is 1. The molecular formula is C10H14O3S. The van der Waals surface area contributed by atoms with E-state index in [-0.39, 0.29) is 11.5 Å². The molecule has 0 aliphatic rings. The molecule has 0 saturated heterocycles. The summed E-state index contributed by atoms with van der Waals surface area (Å²) < 4.78 is 0. The summed E-state index contributed by atoms with van der Waals surface area (Å²) in [6.45, 7) is 1.85. The minimum Gasteiger partial charge on any atom is -0.508 e. The molecule has 0 radical (unpaired) electrons. The summed E-state index contributed by atoms with van der Waals surface area (Å²) in [4.78, 5) is 0. The van der Waals surface area contributed by atoms with E-state index in [4.69, 9.17) is 0 Å². The second kappa shape index (κ2) is 4.68. The maximum absolute atomic E-state index is 9.64. The molecule has 78 valence electrons. The third-order valence-electron chi connectivity index (χ3n) is 2.05. The fourth-order valence-corrected chi connectivity index (χ4v) is 1.42. The first kappa shape index (κ1) is 11.4. The summed E-state index contributed by atoms with van der Waals surface area (Å²) in [5.41, 5.74) is 1.26. The highest BCUT2D eigenvalue weighted by Crippen LogP contribution is 2.27. The number of thiol groups is 1. The summed E-state index contributed by atoms with van der Waals surface area (Å²) in [6.07, 6.45) is -2.06. The Labute approximate surface area is 88.4 Å². The largest absolute Gasteiger partial charge is 0.508 e. The molecular weight excluding hydrogens is 200 g/mol. The van der Waals surface area contributed by atoms with Gasteiger partial charge in [-0.2, -0.15) is 12.6 Å². The van der Waals surface area contributed by atoms with Gasteiger partial charge in [-0.05, 0) is 19.1 Å². The smallest absolute Gasteiger partial charge is 0.121 e. The van der Waals surface area contributed by atoms with Gasteiger partial charge in [0.1, 0.15) is 11.9 Å². The van der Waals surface area contributed by atoms with Crippen LogP contribution in [0.3, 0.4) is 0 Å². The van der Waals surface area contributed by atoms with E-state index < -0.39 is 12.2 Å². The third kappa shape index (κ3) is 2.41. The van der Waals surface area contributed by atoms with Crippen molar-refractivity contribution in [1.82, 2.24) is 0 Å². The van der Waals surface area contributed by atoms with Crippen molar-refractivity contribution in [2.24, 2.45) is 0 Å². The van der Waals surface area contributed by atoms with Gasteiger partial charge in [0.25, 0.3) is 0 Å². The molecule has 2 unspecified atom stereocenters. The SMILES string of the molecule is Cc1ccc(O)c(C(O)C(O)CS)c1. The Hall–Kier alpha value is -0.710. The number of rotatable bonds is 3. The zero-order valence-electron chi connectivity index (χ0n) is 7.88. The van der Waals surface area contributed by atoms with E-state index in [1.165, 1.54) is 6.07 Å². The molecule has 1 rings (SSSR count). The summed E-state index contributed by atoms with van der Waals surface area (Å²) in [5.74, 6) is 0.137. The molecule has 0 aromatic heterocycles. The van der Waals surface area contributed by atoms with Gasteiger partial charge in [0.05, 0.1) is 6.10 Å². The number of hydrogen-bond acceptors (Lipinski definition) is 4. The van der Waals surface area contributed by atoms with E-state index in [0.29, 0.717) is 5.56 Å².